The average Bonchev–Trinajstić information content (AvgIpc) is 2.88. The Morgan fingerprint density at radius 2 is 2.14 bits per heavy atom. The zero-order valence-corrected chi connectivity index (χ0v) is 11.1. The number of carboxylic acids is 1. The number of aliphatic carboxylic acids is 1. The third kappa shape index (κ3) is 3.41. The summed E-state index contributed by atoms with van der Waals surface area (Å²) in [5, 5.41) is 14.1. The van der Waals surface area contributed by atoms with Gasteiger partial charge in [0.1, 0.15) is 6.04 Å². The molecule has 2 rings (SSSR count). The Morgan fingerprint density at radius 1 is 1.43 bits per heavy atom. The molecule has 0 bridgehead atoms. The van der Waals surface area contributed by atoms with E-state index in [2.05, 4.69) is 20.6 Å². The van der Waals surface area contributed by atoms with Crippen molar-refractivity contribution in [3.8, 4) is 0 Å². The van der Waals surface area contributed by atoms with Crippen LogP contribution in [0.3, 0.4) is 0 Å². The number of imidazole rings is 1. The average molecular weight is 296 g/mol. The lowest BCUT2D eigenvalue weighted by Crippen LogP contribution is -2.53. The van der Waals surface area contributed by atoms with Gasteiger partial charge in [0.2, 0.25) is 0 Å². The molecule has 0 saturated heterocycles. The van der Waals surface area contributed by atoms with Crippen molar-refractivity contribution >= 4 is 18.0 Å². The number of rotatable bonds is 4. The number of fused-ring (bicyclic) bond motifs is 1. The molecule has 1 atom stereocenters. The maximum atomic E-state index is 12.1. The van der Waals surface area contributed by atoms with Gasteiger partial charge < -0.3 is 31.4 Å². The molecule has 0 saturated carbocycles. The summed E-state index contributed by atoms with van der Waals surface area (Å²) in [7, 11) is 0. The van der Waals surface area contributed by atoms with Crippen LogP contribution in [0.4, 0.5) is 9.59 Å². The third-order valence-electron chi connectivity index (χ3n) is 3.15. The van der Waals surface area contributed by atoms with Crippen LogP contribution < -0.4 is 16.4 Å². The van der Waals surface area contributed by atoms with E-state index in [1.807, 2.05) is 0 Å². The number of aromatic amines is 1. The molecule has 6 N–H and O–H groups in total. The standard InChI is InChI=1S/C11H16N6O4/c12-10(20)13-1-2-14-11(21)17-4-7-6(15-5-16-7)3-8(17)9(18)19/h5,8H,1-4H2,(H,14,21)(H,15,16)(H,18,19)(H3,12,13,20). The van der Waals surface area contributed by atoms with Crippen LogP contribution in [-0.4, -0.2) is 57.1 Å². The number of carboxylic acid groups (broad SMARTS) is 1. The fourth-order valence-corrected chi connectivity index (χ4v) is 2.13. The highest BCUT2D eigenvalue weighted by molar-refractivity contribution is 5.83. The van der Waals surface area contributed by atoms with E-state index in [4.69, 9.17) is 5.73 Å². The summed E-state index contributed by atoms with van der Waals surface area (Å²) < 4.78 is 0. The molecule has 10 heteroatoms. The van der Waals surface area contributed by atoms with Gasteiger partial charge in [-0.2, -0.15) is 0 Å². The summed E-state index contributed by atoms with van der Waals surface area (Å²) in [6, 6.07) is -2.17. The van der Waals surface area contributed by atoms with E-state index in [0.29, 0.717) is 5.69 Å². The number of hydrogen-bond donors (Lipinski definition) is 5. The first-order valence-electron chi connectivity index (χ1n) is 6.30. The number of carbonyl (C=O) groups excluding carboxylic acids is 2. The second kappa shape index (κ2) is 6.11. The quantitative estimate of drug-likeness (QED) is 0.432. The summed E-state index contributed by atoms with van der Waals surface area (Å²) in [6.07, 6.45) is 1.63. The number of primary amides is 1. The van der Waals surface area contributed by atoms with Crippen molar-refractivity contribution < 1.29 is 19.5 Å². The van der Waals surface area contributed by atoms with E-state index in [0.717, 1.165) is 5.69 Å². The van der Waals surface area contributed by atoms with Crippen LogP contribution in [0.1, 0.15) is 11.4 Å². The van der Waals surface area contributed by atoms with Crippen LogP contribution in [0.15, 0.2) is 6.33 Å². The van der Waals surface area contributed by atoms with Crippen molar-refractivity contribution in [3.63, 3.8) is 0 Å². The topological polar surface area (TPSA) is 153 Å². The van der Waals surface area contributed by atoms with Gasteiger partial charge in [-0.3, -0.25) is 0 Å². The number of nitrogens with two attached hydrogens (primary N) is 1. The molecule has 0 aliphatic carbocycles. The lowest BCUT2D eigenvalue weighted by molar-refractivity contribution is -0.142. The predicted molar refractivity (Wildman–Crippen MR) is 70.2 cm³/mol. The van der Waals surface area contributed by atoms with Crippen molar-refractivity contribution in [1.29, 1.82) is 0 Å². The SMILES string of the molecule is NC(=O)NCCNC(=O)N1Cc2[nH]cnc2CC1C(=O)O. The van der Waals surface area contributed by atoms with Crippen molar-refractivity contribution in [1.82, 2.24) is 25.5 Å². The number of H-pyrrole nitrogens is 1. The van der Waals surface area contributed by atoms with E-state index in [9.17, 15) is 19.5 Å². The van der Waals surface area contributed by atoms with E-state index >= 15 is 0 Å². The number of carbonyl (C=O) groups is 3. The van der Waals surface area contributed by atoms with Crippen molar-refractivity contribution in [3.05, 3.63) is 17.7 Å². The Labute approximate surface area is 119 Å². The van der Waals surface area contributed by atoms with Crippen LogP contribution in [0.2, 0.25) is 0 Å². The zero-order chi connectivity index (χ0) is 15.4. The predicted octanol–water partition coefficient (Wildman–Crippen LogP) is -1.40. The van der Waals surface area contributed by atoms with Crippen LogP contribution in [-0.2, 0) is 17.8 Å². The highest BCUT2D eigenvalue weighted by atomic mass is 16.4. The monoisotopic (exact) mass is 296 g/mol. The largest absolute Gasteiger partial charge is 0.480 e. The molecular formula is C11H16N6O4. The van der Waals surface area contributed by atoms with Gasteiger partial charge in [-0.1, -0.05) is 0 Å². The normalized spacial score (nSPS) is 17.0. The lowest BCUT2D eigenvalue weighted by atomic mass is 10.0. The zero-order valence-electron chi connectivity index (χ0n) is 11.1. The first kappa shape index (κ1) is 14.6. The Morgan fingerprint density at radius 3 is 2.81 bits per heavy atom. The minimum atomic E-state index is -1.09. The molecule has 1 aliphatic heterocycles. The van der Waals surface area contributed by atoms with Gasteiger partial charge in [0.15, 0.2) is 0 Å². The molecular weight excluding hydrogens is 280 g/mol. The maximum absolute atomic E-state index is 12.1. The summed E-state index contributed by atoms with van der Waals surface area (Å²) in [5.74, 6) is -1.09. The Hall–Kier alpha value is -2.78. The van der Waals surface area contributed by atoms with Crippen molar-refractivity contribution in [2.24, 2.45) is 5.73 Å². The number of aromatic nitrogens is 2. The first-order chi connectivity index (χ1) is 9.99. The summed E-state index contributed by atoms with van der Waals surface area (Å²) in [6.45, 7) is 0.462. The highest BCUT2D eigenvalue weighted by Gasteiger charge is 2.35. The number of urea groups is 2. The molecule has 0 fully saturated rings. The van der Waals surface area contributed by atoms with E-state index in [1.165, 1.54) is 11.2 Å². The van der Waals surface area contributed by atoms with Gasteiger partial charge in [-0.05, 0) is 0 Å². The molecule has 0 spiro atoms. The number of hydrogen-bond acceptors (Lipinski definition) is 4. The van der Waals surface area contributed by atoms with E-state index in [-0.39, 0.29) is 26.1 Å². The molecule has 1 aromatic rings. The molecule has 0 aromatic carbocycles. The molecule has 0 radical (unpaired) electrons. The second-order valence-corrected chi connectivity index (χ2v) is 4.54. The van der Waals surface area contributed by atoms with Gasteiger partial charge in [0, 0.05) is 19.5 Å². The first-order valence-corrected chi connectivity index (χ1v) is 6.30. The molecule has 21 heavy (non-hydrogen) atoms. The summed E-state index contributed by atoms with van der Waals surface area (Å²) in [5.41, 5.74) is 6.27. The molecule has 1 aromatic heterocycles. The molecule has 1 unspecified atom stereocenters. The smallest absolute Gasteiger partial charge is 0.326 e. The fraction of sp³-hybridized carbons (Fsp3) is 0.455. The minimum Gasteiger partial charge on any atom is -0.480 e. The minimum absolute atomic E-state index is 0.140. The maximum Gasteiger partial charge on any atom is 0.326 e. The Kier molecular flexibility index (Phi) is 4.26. The Balaban J connectivity index is 1.97. The van der Waals surface area contributed by atoms with Crippen LogP contribution >= 0.6 is 0 Å². The van der Waals surface area contributed by atoms with E-state index in [1.54, 1.807) is 0 Å². The number of amides is 4. The van der Waals surface area contributed by atoms with Crippen LogP contribution in [0, 0.1) is 0 Å². The van der Waals surface area contributed by atoms with Crippen LogP contribution in [0.5, 0.6) is 0 Å². The van der Waals surface area contributed by atoms with Crippen LogP contribution in [0.25, 0.3) is 0 Å². The Bertz CT molecular complexity index is 557. The third-order valence-corrected chi connectivity index (χ3v) is 3.15. The molecule has 4 amide bonds. The van der Waals surface area contributed by atoms with Gasteiger partial charge in [-0.25, -0.2) is 19.4 Å². The van der Waals surface area contributed by atoms with Gasteiger partial charge >= 0.3 is 18.0 Å². The van der Waals surface area contributed by atoms with Gasteiger partial charge in [-0.15, -0.1) is 0 Å². The van der Waals surface area contributed by atoms with Crippen molar-refractivity contribution in [2.45, 2.75) is 19.0 Å². The molecule has 1 aliphatic rings. The molecule has 10 nitrogen and oxygen atoms in total. The summed E-state index contributed by atoms with van der Waals surface area (Å²) >= 11 is 0. The van der Waals surface area contributed by atoms with E-state index < -0.39 is 24.1 Å². The van der Waals surface area contributed by atoms with Gasteiger partial charge in [0.25, 0.3) is 0 Å². The molecule has 114 valence electrons. The second-order valence-electron chi connectivity index (χ2n) is 4.54. The highest BCUT2D eigenvalue weighted by Crippen LogP contribution is 2.20. The summed E-state index contributed by atoms with van der Waals surface area (Å²) in [4.78, 5) is 42.0. The number of nitrogens with zero attached hydrogens (tertiary/aromatic N) is 2. The fourth-order valence-electron chi connectivity index (χ4n) is 2.13. The number of nitrogens with one attached hydrogen (secondary N) is 3. The van der Waals surface area contributed by atoms with Crippen molar-refractivity contribution in [2.75, 3.05) is 13.1 Å². The molecule has 2 heterocycles. The lowest BCUT2D eigenvalue weighted by Gasteiger charge is -2.32. The van der Waals surface area contributed by atoms with Gasteiger partial charge in [0.05, 0.1) is 24.3 Å².